The summed E-state index contributed by atoms with van der Waals surface area (Å²) in [5.41, 5.74) is 4.50. The van der Waals surface area contributed by atoms with E-state index >= 15 is 0 Å². The van der Waals surface area contributed by atoms with Gasteiger partial charge in [0.25, 0.3) is 0 Å². The molecule has 0 radical (unpaired) electrons. The molecule has 7 nitrogen and oxygen atoms in total. The van der Waals surface area contributed by atoms with Crippen LogP contribution in [0.25, 0.3) is 33.5 Å². The molecule has 2 aromatic carbocycles. The summed E-state index contributed by atoms with van der Waals surface area (Å²) in [4.78, 5) is 12.6. The second-order valence-corrected chi connectivity index (χ2v) is 6.48. The van der Waals surface area contributed by atoms with Crippen LogP contribution in [0.2, 0.25) is 0 Å². The Morgan fingerprint density at radius 1 is 1.00 bits per heavy atom. The Bertz CT molecular complexity index is 1200. The highest BCUT2D eigenvalue weighted by molar-refractivity contribution is 5.86. The topological polar surface area (TPSA) is 93.8 Å². The highest BCUT2D eigenvalue weighted by atomic mass is 16.4. The molecule has 0 amide bonds. The van der Waals surface area contributed by atoms with Crippen molar-refractivity contribution in [2.45, 2.75) is 12.8 Å². The van der Waals surface area contributed by atoms with Gasteiger partial charge >= 0.3 is 5.63 Å². The van der Waals surface area contributed by atoms with Gasteiger partial charge in [0.1, 0.15) is 5.58 Å². The van der Waals surface area contributed by atoms with Gasteiger partial charge in [-0.15, -0.1) is 20.4 Å². The van der Waals surface area contributed by atoms with Crippen LogP contribution >= 0.6 is 0 Å². The molecule has 1 aliphatic rings. The van der Waals surface area contributed by atoms with Crippen LogP contribution in [0.1, 0.15) is 12.0 Å². The zero-order valence-electron chi connectivity index (χ0n) is 14.3. The van der Waals surface area contributed by atoms with Gasteiger partial charge in [0.05, 0.1) is 5.56 Å². The zero-order chi connectivity index (χ0) is 18.2. The average Bonchev–Trinajstić information content (AvgIpc) is 2.72. The number of anilines is 1. The van der Waals surface area contributed by atoms with Gasteiger partial charge < -0.3 is 9.73 Å². The lowest BCUT2D eigenvalue weighted by Crippen LogP contribution is -2.12. The molecule has 0 saturated heterocycles. The summed E-state index contributed by atoms with van der Waals surface area (Å²) < 4.78 is 5.61. The largest absolute Gasteiger partial charge is 0.422 e. The van der Waals surface area contributed by atoms with Gasteiger partial charge in [-0.25, -0.2) is 4.79 Å². The fraction of sp³-hybridized carbons (Fsp3) is 0.150. The number of aromatic nitrogens is 4. The van der Waals surface area contributed by atoms with Gasteiger partial charge in [0, 0.05) is 29.2 Å². The molecule has 5 rings (SSSR count). The highest BCUT2D eigenvalue weighted by Gasteiger charge is 2.14. The van der Waals surface area contributed by atoms with Crippen LogP contribution in [0.4, 0.5) is 5.69 Å². The van der Waals surface area contributed by atoms with E-state index < -0.39 is 0 Å². The standard InChI is InChI=1S/C20H15N5O2/c26-20-16(12-3-1-4-14(7-12)19-24-22-11-23-25-19)9-15-8-13-5-2-6-21-17(13)10-18(15)27-20/h1,3-4,7-11,21H,2,5-6H2. The quantitative estimate of drug-likeness (QED) is 0.551. The number of nitrogens with zero attached hydrogens (tertiary/aromatic N) is 4. The predicted octanol–water partition coefficient (Wildman–Crippen LogP) is 3.07. The third kappa shape index (κ3) is 2.83. The minimum atomic E-state index is -0.374. The van der Waals surface area contributed by atoms with Gasteiger partial charge in [-0.05, 0) is 42.2 Å². The highest BCUT2D eigenvalue weighted by Crippen LogP contribution is 2.30. The molecule has 2 aromatic heterocycles. The van der Waals surface area contributed by atoms with E-state index in [0.717, 1.165) is 41.6 Å². The van der Waals surface area contributed by atoms with Crippen molar-refractivity contribution in [2.24, 2.45) is 0 Å². The molecule has 1 aliphatic heterocycles. The van der Waals surface area contributed by atoms with Crippen LogP contribution in [-0.4, -0.2) is 26.9 Å². The molecule has 7 heteroatoms. The Morgan fingerprint density at radius 2 is 1.85 bits per heavy atom. The lowest BCUT2D eigenvalue weighted by atomic mass is 9.99. The molecular formula is C20H15N5O2. The van der Waals surface area contributed by atoms with Crippen molar-refractivity contribution >= 4 is 16.7 Å². The zero-order valence-corrected chi connectivity index (χ0v) is 14.3. The van der Waals surface area contributed by atoms with Crippen molar-refractivity contribution < 1.29 is 4.42 Å². The second kappa shape index (κ2) is 6.28. The molecule has 0 bridgehead atoms. The lowest BCUT2D eigenvalue weighted by Gasteiger charge is -2.18. The smallest absolute Gasteiger partial charge is 0.344 e. The molecule has 132 valence electrons. The van der Waals surface area contributed by atoms with Crippen LogP contribution < -0.4 is 10.9 Å². The normalized spacial score (nSPS) is 13.2. The molecule has 1 N–H and O–H groups in total. The number of hydrogen-bond acceptors (Lipinski definition) is 7. The number of hydrogen-bond donors (Lipinski definition) is 1. The number of benzene rings is 2. The van der Waals surface area contributed by atoms with E-state index in [9.17, 15) is 4.79 Å². The minimum absolute atomic E-state index is 0.374. The van der Waals surface area contributed by atoms with E-state index in [1.165, 1.54) is 11.9 Å². The maximum Gasteiger partial charge on any atom is 0.344 e. The van der Waals surface area contributed by atoms with Gasteiger partial charge in [-0.3, -0.25) is 0 Å². The third-order valence-corrected chi connectivity index (χ3v) is 4.74. The first kappa shape index (κ1) is 15.6. The van der Waals surface area contributed by atoms with Gasteiger partial charge in [-0.2, -0.15) is 0 Å². The van der Waals surface area contributed by atoms with Crippen LogP contribution in [-0.2, 0) is 6.42 Å². The first-order valence-corrected chi connectivity index (χ1v) is 8.74. The van der Waals surface area contributed by atoms with E-state index in [2.05, 4.69) is 31.8 Å². The Kier molecular flexibility index (Phi) is 3.64. The molecule has 0 unspecified atom stereocenters. The summed E-state index contributed by atoms with van der Waals surface area (Å²) in [5, 5.41) is 19.7. The van der Waals surface area contributed by atoms with Gasteiger partial charge in [-0.1, -0.05) is 18.2 Å². The average molecular weight is 357 g/mol. The Balaban J connectivity index is 1.65. The summed E-state index contributed by atoms with van der Waals surface area (Å²) in [6.07, 6.45) is 3.40. The number of rotatable bonds is 2. The summed E-state index contributed by atoms with van der Waals surface area (Å²) >= 11 is 0. The molecule has 0 saturated carbocycles. The fourth-order valence-electron chi connectivity index (χ4n) is 3.43. The van der Waals surface area contributed by atoms with E-state index in [1.54, 1.807) is 0 Å². The molecule has 27 heavy (non-hydrogen) atoms. The van der Waals surface area contributed by atoms with Crippen LogP contribution in [0.15, 0.2) is 58.0 Å². The lowest BCUT2D eigenvalue weighted by molar-refractivity contribution is 0.563. The van der Waals surface area contributed by atoms with Crippen molar-refractivity contribution in [3.05, 3.63) is 64.8 Å². The first-order valence-electron chi connectivity index (χ1n) is 8.74. The summed E-state index contributed by atoms with van der Waals surface area (Å²) in [6.45, 7) is 0.943. The molecule has 4 aromatic rings. The Morgan fingerprint density at radius 3 is 2.74 bits per heavy atom. The SMILES string of the molecule is O=c1oc2cc3c(cc2cc1-c1cccc(-c2nncnn2)c1)CCCN3. The fourth-order valence-corrected chi connectivity index (χ4v) is 3.43. The number of nitrogens with one attached hydrogen (secondary N) is 1. The van der Waals surface area contributed by atoms with Crippen LogP contribution in [0.3, 0.4) is 0 Å². The van der Waals surface area contributed by atoms with Crippen LogP contribution in [0, 0.1) is 0 Å². The first-order chi connectivity index (χ1) is 13.3. The molecule has 0 atom stereocenters. The van der Waals surface area contributed by atoms with Crippen molar-refractivity contribution in [3.63, 3.8) is 0 Å². The van der Waals surface area contributed by atoms with Crippen molar-refractivity contribution in [1.29, 1.82) is 0 Å². The molecule has 0 fully saturated rings. The van der Waals surface area contributed by atoms with Crippen molar-refractivity contribution in [3.8, 4) is 22.5 Å². The summed E-state index contributed by atoms with van der Waals surface area (Å²) in [5.74, 6) is 0.407. The summed E-state index contributed by atoms with van der Waals surface area (Å²) in [6, 6.07) is 13.3. The number of fused-ring (bicyclic) bond motifs is 2. The maximum absolute atomic E-state index is 12.6. The monoisotopic (exact) mass is 357 g/mol. The van der Waals surface area contributed by atoms with Crippen molar-refractivity contribution in [1.82, 2.24) is 20.4 Å². The maximum atomic E-state index is 12.6. The van der Waals surface area contributed by atoms with E-state index in [0.29, 0.717) is 17.0 Å². The van der Waals surface area contributed by atoms with Crippen LogP contribution in [0.5, 0.6) is 0 Å². The summed E-state index contributed by atoms with van der Waals surface area (Å²) in [7, 11) is 0. The molecule has 0 spiro atoms. The van der Waals surface area contributed by atoms with E-state index in [1.807, 2.05) is 36.4 Å². The van der Waals surface area contributed by atoms with Gasteiger partial charge in [0.2, 0.25) is 5.82 Å². The third-order valence-electron chi connectivity index (χ3n) is 4.74. The predicted molar refractivity (Wildman–Crippen MR) is 101 cm³/mol. The Labute approximate surface area is 154 Å². The van der Waals surface area contributed by atoms with Crippen molar-refractivity contribution in [2.75, 3.05) is 11.9 Å². The number of aryl methyl sites for hydroxylation is 1. The van der Waals surface area contributed by atoms with E-state index in [4.69, 9.17) is 4.42 Å². The molecule has 0 aliphatic carbocycles. The minimum Gasteiger partial charge on any atom is -0.422 e. The Hall–Kier alpha value is -3.61. The van der Waals surface area contributed by atoms with E-state index in [-0.39, 0.29) is 5.63 Å². The van der Waals surface area contributed by atoms with Gasteiger partial charge in [0.15, 0.2) is 6.33 Å². The second-order valence-electron chi connectivity index (χ2n) is 6.48. The molecule has 3 heterocycles. The molecular weight excluding hydrogens is 342 g/mol.